The first-order valence-corrected chi connectivity index (χ1v) is 4.85. The zero-order chi connectivity index (χ0) is 8.98. The fraction of sp³-hybridized carbons (Fsp3) is 1.00. The number of aliphatic hydroxyl groups is 2. The standard InChI is InChI=1S/C10H18O2/c1-9(2)7-3-4-8(6-11)10(9,12)5-7/h7-8,11-12H,3-6H2,1-2H3/t7-,8-,10+/m1/s1. The smallest absolute Gasteiger partial charge is 0.0753 e. The molecule has 0 saturated heterocycles. The molecule has 0 aromatic carbocycles. The molecule has 3 fully saturated rings. The van der Waals surface area contributed by atoms with Crippen LogP contribution in [0.15, 0.2) is 0 Å². The lowest BCUT2D eigenvalue weighted by atomic mass is 9.43. The first-order chi connectivity index (χ1) is 5.52. The fourth-order valence-electron chi connectivity index (χ4n) is 3.16. The Hall–Kier alpha value is -0.0800. The lowest BCUT2D eigenvalue weighted by Gasteiger charge is -2.65. The summed E-state index contributed by atoms with van der Waals surface area (Å²) in [4.78, 5) is 0. The summed E-state index contributed by atoms with van der Waals surface area (Å²) < 4.78 is 0. The molecule has 0 unspecified atom stereocenters. The molecule has 0 spiro atoms. The third kappa shape index (κ3) is 0.728. The summed E-state index contributed by atoms with van der Waals surface area (Å²) in [5.74, 6) is 0.808. The van der Waals surface area contributed by atoms with Crippen molar-refractivity contribution in [3.05, 3.63) is 0 Å². The fourth-order valence-corrected chi connectivity index (χ4v) is 3.16. The molecule has 0 radical (unpaired) electrons. The lowest BCUT2D eigenvalue weighted by Crippen LogP contribution is -2.68. The minimum Gasteiger partial charge on any atom is -0.396 e. The Kier molecular flexibility index (Phi) is 1.59. The van der Waals surface area contributed by atoms with E-state index in [0.29, 0.717) is 5.92 Å². The summed E-state index contributed by atoms with van der Waals surface area (Å²) >= 11 is 0. The molecule has 2 bridgehead atoms. The Morgan fingerprint density at radius 3 is 2.42 bits per heavy atom. The molecule has 2 heteroatoms. The van der Waals surface area contributed by atoms with Crippen molar-refractivity contribution in [3.63, 3.8) is 0 Å². The topological polar surface area (TPSA) is 40.5 Å². The molecular weight excluding hydrogens is 152 g/mol. The third-order valence-corrected chi connectivity index (χ3v) is 4.45. The predicted molar refractivity (Wildman–Crippen MR) is 46.6 cm³/mol. The second-order valence-electron chi connectivity index (χ2n) is 5.00. The van der Waals surface area contributed by atoms with E-state index in [-0.39, 0.29) is 17.9 Å². The Balaban J connectivity index is 2.24. The Morgan fingerprint density at radius 2 is 2.00 bits per heavy atom. The second kappa shape index (κ2) is 2.24. The highest BCUT2D eigenvalue weighted by Gasteiger charge is 2.64. The van der Waals surface area contributed by atoms with E-state index in [9.17, 15) is 5.11 Å². The lowest BCUT2D eigenvalue weighted by molar-refractivity contribution is -0.261. The first kappa shape index (κ1) is 8.52. The van der Waals surface area contributed by atoms with Gasteiger partial charge in [0.15, 0.2) is 0 Å². The van der Waals surface area contributed by atoms with Crippen molar-refractivity contribution in [2.24, 2.45) is 17.3 Å². The summed E-state index contributed by atoms with van der Waals surface area (Å²) in [6.45, 7) is 4.40. The number of hydrogen-bond donors (Lipinski definition) is 2. The summed E-state index contributed by atoms with van der Waals surface area (Å²) in [6, 6.07) is 0. The minimum absolute atomic E-state index is 0.0403. The van der Waals surface area contributed by atoms with E-state index >= 15 is 0 Å². The zero-order valence-corrected chi connectivity index (χ0v) is 7.88. The van der Waals surface area contributed by atoms with Gasteiger partial charge in [0.2, 0.25) is 0 Å². The molecule has 3 aliphatic rings. The van der Waals surface area contributed by atoms with Gasteiger partial charge < -0.3 is 10.2 Å². The quantitative estimate of drug-likeness (QED) is 0.620. The van der Waals surface area contributed by atoms with E-state index in [2.05, 4.69) is 13.8 Å². The third-order valence-electron chi connectivity index (χ3n) is 4.45. The highest BCUT2D eigenvalue weighted by atomic mass is 16.3. The van der Waals surface area contributed by atoms with E-state index in [1.807, 2.05) is 0 Å². The molecule has 0 aromatic rings. The Labute approximate surface area is 73.6 Å². The molecular formula is C10H18O2. The van der Waals surface area contributed by atoms with Crippen LogP contribution in [0.1, 0.15) is 33.1 Å². The molecule has 0 amide bonds. The highest BCUT2D eigenvalue weighted by molar-refractivity contribution is 5.14. The van der Waals surface area contributed by atoms with Gasteiger partial charge in [-0.25, -0.2) is 0 Å². The minimum atomic E-state index is -0.565. The maximum absolute atomic E-state index is 10.3. The van der Waals surface area contributed by atoms with Crippen molar-refractivity contribution in [2.75, 3.05) is 6.61 Å². The molecule has 3 atom stereocenters. The number of aliphatic hydroxyl groups excluding tert-OH is 1. The van der Waals surface area contributed by atoms with Crippen LogP contribution in [0.4, 0.5) is 0 Å². The van der Waals surface area contributed by atoms with Crippen molar-refractivity contribution >= 4 is 0 Å². The Bertz CT molecular complexity index is 200. The van der Waals surface area contributed by atoms with Crippen molar-refractivity contribution in [3.8, 4) is 0 Å². The number of fused-ring (bicyclic) bond motifs is 2. The van der Waals surface area contributed by atoms with Gasteiger partial charge >= 0.3 is 0 Å². The van der Waals surface area contributed by atoms with Crippen molar-refractivity contribution < 1.29 is 10.2 Å². The van der Waals surface area contributed by atoms with Gasteiger partial charge in [-0.3, -0.25) is 0 Å². The molecule has 3 aliphatic carbocycles. The van der Waals surface area contributed by atoms with E-state index < -0.39 is 5.60 Å². The molecule has 12 heavy (non-hydrogen) atoms. The summed E-state index contributed by atoms with van der Waals surface area (Å²) in [5, 5.41) is 19.4. The summed E-state index contributed by atoms with van der Waals surface area (Å²) in [7, 11) is 0. The average Bonchev–Trinajstić information content (AvgIpc) is 2.04. The van der Waals surface area contributed by atoms with Crippen LogP contribution in [0, 0.1) is 17.3 Å². The first-order valence-electron chi connectivity index (χ1n) is 4.85. The van der Waals surface area contributed by atoms with Crippen LogP contribution in [0.5, 0.6) is 0 Å². The van der Waals surface area contributed by atoms with Gasteiger partial charge in [-0.2, -0.15) is 0 Å². The van der Waals surface area contributed by atoms with Crippen molar-refractivity contribution in [1.29, 1.82) is 0 Å². The average molecular weight is 170 g/mol. The summed E-state index contributed by atoms with van der Waals surface area (Å²) in [5.41, 5.74) is -0.524. The molecule has 2 nitrogen and oxygen atoms in total. The molecule has 3 saturated carbocycles. The van der Waals surface area contributed by atoms with E-state index in [4.69, 9.17) is 5.11 Å². The largest absolute Gasteiger partial charge is 0.396 e. The SMILES string of the molecule is CC1(C)[C@@H]2CC[C@H](CO)[C@@]1(O)C2. The van der Waals surface area contributed by atoms with Gasteiger partial charge in [0.1, 0.15) is 0 Å². The summed E-state index contributed by atoms with van der Waals surface area (Å²) in [6.07, 6.45) is 3.09. The molecule has 0 heterocycles. The molecule has 2 N–H and O–H groups in total. The molecule has 0 aromatic heterocycles. The highest BCUT2D eigenvalue weighted by Crippen LogP contribution is 2.63. The van der Waals surface area contributed by atoms with E-state index in [1.165, 1.54) is 6.42 Å². The zero-order valence-electron chi connectivity index (χ0n) is 7.88. The Morgan fingerprint density at radius 1 is 1.33 bits per heavy atom. The maximum atomic E-state index is 10.3. The number of rotatable bonds is 1. The van der Waals surface area contributed by atoms with Crippen LogP contribution >= 0.6 is 0 Å². The molecule has 0 aliphatic heterocycles. The monoisotopic (exact) mass is 170 g/mol. The van der Waals surface area contributed by atoms with Gasteiger partial charge in [-0.15, -0.1) is 0 Å². The predicted octanol–water partition coefficient (Wildman–Crippen LogP) is 1.17. The van der Waals surface area contributed by atoms with Gasteiger partial charge in [0, 0.05) is 12.5 Å². The number of hydrogen-bond acceptors (Lipinski definition) is 2. The van der Waals surface area contributed by atoms with Crippen molar-refractivity contribution in [2.45, 2.75) is 38.7 Å². The van der Waals surface area contributed by atoms with Crippen molar-refractivity contribution in [1.82, 2.24) is 0 Å². The van der Waals surface area contributed by atoms with Crippen LogP contribution in [0.25, 0.3) is 0 Å². The molecule has 70 valence electrons. The van der Waals surface area contributed by atoms with E-state index in [1.54, 1.807) is 0 Å². The molecule has 3 rings (SSSR count). The van der Waals surface area contributed by atoms with Gasteiger partial charge in [0.05, 0.1) is 5.60 Å². The van der Waals surface area contributed by atoms with Gasteiger partial charge in [-0.1, -0.05) is 13.8 Å². The van der Waals surface area contributed by atoms with Gasteiger partial charge in [0.25, 0.3) is 0 Å². The van der Waals surface area contributed by atoms with Crippen LogP contribution in [-0.4, -0.2) is 22.4 Å². The van der Waals surface area contributed by atoms with Crippen LogP contribution in [-0.2, 0) is 0 Å². The van der Waals surface area contributed by atoms with Crippen LogP contribution < -0.4 is 0 Å². The van der Waals surface area contributed by atoms with Crippen LogP contribution in [0.3, 0.4) is 0 Å². The van der Waals surface area contributed by atoms with E-state index in [0.717, 1.165) is 12.8 Å². The maximum Gasteiger partial charge on any atom is 0.0753 e. The van der Waals surface area contributed by atoms with Gasteiger partial charge in [-0.05, 0) is 30.6 Å². The second-order valence-corrected chi connectivity index (χ2v) is 5.00. The normalized spacial score (nSPS) is 50.0. The van der Waals surface area contributed by atoms with Crippen LogP contribution in [0.2, 0.25) is 0 Å².